The van der Waals surface area contributed by atoms with Crippen molar-refractivity contribution in [3.05, 3.63) is 5.82 Å². The van der Waals surface area contributed by atoms with Gasteiger partial charge in [-0.2, -0.15) is 4.80 Å². The topological polar surface area (TPSA) is 55.6 Å². The lowest BCUT2D eigenvalue weighted by atomic mass is 9.52. The van der Waals surface area contributed by atoms with Gasteiger partial charge in [0, 0.05) is 0 Å². The highest BCUT2D eigenvalue weighted by Gasteiger charge is 2.48. The van der Waals surface area contributed by atoms with E-state index in [1.165, 1.54) is 32.1 Å². The average Bonchev–Trinajstić information content (AvgIpc) is 2.81. The van der Waals surface area contributed by atoms with Crippen molar-refractivity contribution in [2.45, 2.75) is 45.2 Å². The van der Waals surface area contributed by atoms with Gasteiger partial charge in [0.2, 0.25) is 0 Å². The van der Waals surface area contributed by atoms with Gasteiger partial charge in [-0.1, -0.05) is 0 Å². The third-order valence-corrected chi connectivity index (χ3v) is 5.63. The summed E-state index contributed by atoms with van der Waals surface area (Å²) in [6.45, 7) is 1.70. The predicted octanol–water partition coefficient (Wildman–Crippen LogP) is 1.46. The largest absolute Gasteiger partial charge is 0.313 e. The Balaban J connectivity index is 1.47. The summed E-state index contributed by atoms with van der Waals surface area (Å²) < 4.78 is 0. The zero-order valence-electron chi connectivity index (χ0n) is 11.6. The van der Waals surface area contributed by atoms with Crippen LogP contribution in [0.2, 0.25) is 0 Å². The van der Waals surface area contributed by atoms with Crippen LogP contribution in [-0.4, -0.2) is 27.3 Å². The monoisotopic (exact) mass is 261 g/mol. The smallest absolute Gasteiger partial charge is 0.188 e. The maximum Gasteiger partial charge on any atom is 0.188 e. The van der Waals surface area contributed by atoms with E-state index in [2.05, 4.69) is 20.7 Å². The summed E-state index contributed by atoms with van der Waals surface area (Å²) in [6, 6.07) is 0. The predicted molar refractivity (Wildman–Crippen MR) is 71.1 cm³/mol. The molecule has 1 N–H and O–H groups in total. The van der Waals surface area contributed by atoms with Gasteiger partial charge in [-0.3, -0.25) is 0 Å². The van der Waals surface area contributed by atoms with Crippen molar-refractivity contribution in [1.29, 1.82) is 0 Å². The summed E-state index contributed by atoms with van der Waals surface area (Å²) >= 11 is 0. The van der Waals surface area contributed by atoms with Crippen LogP contribution in [0.15, 0.2) is 0 Å². The number of nitrogens with one attached hydrogen (secondary N) is 1. The molecule has 4 fully saturated rings. The fourth-order valence-corrected chi connectivity index (χ4v) is 5.11. The Morgan fingerprint density at radius 3 is 2.42 bits per heavy atom. The van der Waals surface area contributed by atoms with E-state index in [0.717, 1.165) is 42.0 Å². The lowest BCUT2D eigenvalue weighted by Crippen LogP contribution is -2.46. The van der Waals surface area contributed by atoms with Crippen molar-refractivity contribution in [2.24, 2.45) is 29.6 Å². The lowest BCUT2D eigenvalue weighted by Gasteiger charge is -2.54. The van der Waals surface area contributed by atoms with Crippen LogP contribution < -0.4 is 5.32 Å². The quantitative estimate of drug-likeness (QED) is 0.891. The van der Waals surface area contributed by atoms with Gasteiger partial charge in [0.25, 0.3) is 0 Å². The molecule has 0 atom stereocenters. The third kappa shape index (κ3) is 2.08. The van der Waals surface area contributed by atoms with Crippen LogP contribution in [0.4, 0.5) is 0 Å². The molecule has 1 aromatic heterocycles. The van der Waals surface area contributed by atoms with E-state index in [1.807, 2.05) is 11.8 Å². The highest BCUT2D eigenvalue weighted by Crippen LogP contribution is 2.56. The van der Waals surface area contributed by atoms with Gasteiger partial charge >= 0.3 is 0 Å². The van der Waals surface area contributed by atoms with E-state index in [-0.39, 0.29) is 0 Å². The lowest BCUT2D eigenvalue weighted by molar-refractivity contribution is -0.0459. The van der Waals surface area contributed by atoms with Crippen molar-refractivity contribution >= 4 is 0 Å². The van der Waals surface area contributed by atoms with Gasteiger partial charge in [-0.05, 0) is 74.0 Å². The molecule has 5 nitrogen and oxygen atoms in total. The second-order valence-corrected chi connectivity index (χ2v) is 6.89. The first-order chi connectivity index (χ1) is 9.31. The van der Waals surface area contributed by atoms with Crippen LogP contribution >= 0.6 is 0 Å². The Kier molecular flexibility index (Phi) is 2.83. The van der Waals surface area contributed by atoms with Gasteiger partial charge < -0.3 is 5.32 Å². The molecule has 5 rings (SSSR count). The summed E-state index contributed by atoms with van der Waals surface area (Å²) in [6.07, 6.45) is 7.39. The van der Waals surface area contributed by atoms with E-state index in [4.69, 9.17) is 0 Å². The van der Waals surface area contributed by atoms with E-state index in [9.17, 15) is 0 Å². The zero-order valence-corrected chi connectivity index (χ0v) is 11.6. The maximum absolute atomic E-state index is 4.48. The van der Waals surface area contributed by atoms with Crippen LogP contribution in [0, 0.1) is 29.6 Å². The fourth-order valence-electron chi connectivity index (χ4n) is 5.11. The molecule has 0 saturated heterocycles. The van der Waals surface area contributed by atoms with Gasteiger partial charge in [0.1, 0.15) is 0 Å². The fraction of sp³-hybridized carbons (Fsp3) is 0.929. The first-order valence-corrected chi connectivity index (χ1v) is 7.73. The molecule has 0 spiro atoms. The van der Waals surface area contributed by atoms with Crippen LogP contribution in [0.3, 0.4) is 0 Å². The number of hydrogen-bond acceptors (Lipinski definition) is 4. The number of tetrazole rings is 1. The molecule has 19 heavy (non-hydrogen) atoms. The Morgan fingerprint density at radius 2 is 1.79 bits per heavy atom. The molecule has 1 heterocycles. The van der Waals surface area contributed by atoms with E-state index >= 15 is 0 Å². The molecule has 0 aromatic carbocycles. The number of aromatic nitrogens is 4. The summed E-state index contributed by atoms with van der Waals surface area (Å²) in [5.74, 6) is 5.59. The molecule has 4 saturated carbocycles. The van der Waals surface area contributed by atoms with E-state index in [0.29, 0.717) is 6.54 Å². The normalized spacial score (nSPS) is 39.9. The first kappa shape index (κ1) is 11.8. The van der Waals surface area contributed by atoms with Gasteiger partial charge in [0.05, 0.1) is 13.1 Å². The van der Waals surface area contributed by atoms with Crippen molar-refractivity contribution in [2.75, 3.05) is 7.05 Å². The minimum Gasteiger partial charge on any atom is -0.313 e. The second-order valence-electron chi connectivity index (χ2n) is 6.89. The van der Waals surface area contributed by atoms with Gasteiger partial charge in [-0.15, -0.1) is 10.2 Å². The SMILES string of the molecule is CNCc1nnn(CC2C3CC4CC(C3)CC2C4)n1. The molecule has 5 heteroatoms. The average molecular weight is 261 g/mol. The standard InChI is InChI=1S/C14H23N5/c1-15-7-14-16-18-19(17-14)8-13-11-3-9-2-10(5-11)6-12(13)4-9/h9-13,15H,2-8H2,1H3. The van der Waals surface area contributed by atoms with Crippen molar-refractivity contribution < 1.29 is 0 Å². The molecule has 1 aromatic rings. The van der Waals surface area contributed by atoms with Crippen LogP contribution in [0.1, 0.15) is 37.9 Å². The summed E-state index contributed by atoms with van der Waals surface area (Å²) in [4.78, 5) is 1.85. The van der Waals surface area contributed by atoms with E-state index in [1.54, 1.807) is 0 Å². The zero-order chi connectivity index (χ0) is 12.8. The Labute approximate surface area is 114 Å². The van der Waals surface area contributed by atoms with Crippen LogP contribution in [-0.2, 0) is 13.1 Å². The third-order valence-electron chi connectivity index (χ3n) is 5.63. The Bertz CT molecular complexity index is 426. The van der Waals surface area contributed by atoms with Gasteiger partial charge in [0.15, 0.2) is 5.82 Å². The van der Waals surface area contributed by atoms with Crippen molar-refractivity contribution in [1.82, 2.24) is 25.5 Å². The van der Waals surface area contributed by atoms with Crippen LogP contribution in [0.25, 0.3) is 0 Å². The minimum absolute atomic E-state index is 0.710. The van der Waals surface area contributed by atoms with Crippen molar-refractivity contribution in [3.63, 3.8) is 0 Å². The molecule has 0 radical (unpaired) electrons. The molecule has 4 bridgehead atoms. The maximum atomic E-state index is 4.48. The number of hydrogen-bond donors (Lipinski definition) is 1. The number of rotatable bonds is 4. The molecular weight excluding hydrogens is 238 g/mol. The molecular formula is C14H23N5. The second kappa shape index (κ2) is 4.54. The van der Waals surface area contributed by atoms with E-state index < -0.39 is 0 Å². The minimum atomic E-state index is 0.710. The van der Waals surface area contributed by atoms with Crippen LogP contribution in [0.5, 0.6) is 0 Å². The summed E-state index contributed by atoms with van der Waals surface area (Å²) in [7, 11) is 1.92. The molecule has 0 unspecified atom stereocenters. The Hall–Kier alpha value is -0.970. The summed E-state index contributed by atoms with van der Waals surface area (Å²) in [5, 5.41) is 15.9. The highest BCUT2D eigenvalue weighted by atomic mass is 15.6. The number of nitrogens with zero attached hydrogens (tertiary/aromatic N) is 4. The van der Waals surface area contributed by atoms with Crippen molar-refractivity contribution in [3.8, 4) is 0 Å². The first-order valence-electron chi connectivity index (χ1n) is 7.73. The molecule has 0 amide bonds. The molecule has 4 aliphatic rings. The van der Waals surface area contributed by atoms with Gasteiger partial charge in [-0.25, -0.2) is 0 Å². The molecule has 0 aliphatic heterocycles. The highest BCUT2D eigenvalue weighted by molar-refractivity contribution is 4.97. The summed E-state index contributed by atoms with van der Waals surface area (Å²) in [5.41, 5.74) is 0. The Morgan fingerprint density at radius 1 is 1.11 bits per heavy atom. The molecule has 4 aliphatic carbocycles. The molecule has 104 valence electrons.